The van der Waals surface area contributed by atoms with Gasteiger partial charge >= 0.3 is 5.97 Å². The first kappa shape index (κ1) is 19.3. The second-order valence-corrected chi connectivity index (χ2v) is 6.58. The second kappa shape index (κ2) is 9.42. The summed E-state index contributed by atoms with van der Waals surface area (Å²) in [4.78, 5) is 31.4. The average Bonchev–Trinajstić information content (AvgIpc) is 2.61. The molecule has 0 bridgehead atoms. The van der Waals surface area contributed by atoms with Crippen molar-refractivity contribution in [3.05, 3.63) is 54.4 Å². The van der Waals surface area contributed by atoms with Crippen molar-refractivity contribution in [2.45, 2.75) is 16.6 Å². The Balaban J connectivity index is 2.03. The van der Waals surface area contributed by atoms with Crippen LogP contribution in [0.15, 0.2) is 58.7 Å². The third-order valence-corrected chi connectivity index (χ3v) is 4.51. The molecule has 6 N–H and O–H groups in total. The van der Waals surface area contributed by atoms with E-state index < -0.39 is 5.97 Å². The summed E-state index contributed by atoms with van der Waals surface area (Å²) >= 11 is 1.42. The number of aliphatic carboxylic acids is 1. The number of pyridine rings is 1. The number of hydrogen-bond donors (Lipinski definition) is 4. The summed E-state index contributed by atoms with van der Waals surface area (Å²) in [5.74, 6) is -1.36. The highest BCUT2D eigenvalue weighted by Crippen LogP contribution is 2.37. The van der Waals surface area contributed by atoms with E-state index in [4.69, 9.17) is 16.6 Å². The molecule has 2 aromatic rings. The molecule has 1 atom stereocenters. The van der Waals surface area contributed by atoms with E-state index in [-0.39, 0.29) is 30.1 Å². The molecule has 9 heteroatoms. The molecule has 2 rings (SSSR count). The van der Waals surface area contributed by atoms with Crippen molar-refractivity contribution in [2.24, 2.45) is 16.5 Å². The van der Waals surface area contributed by atoms with Gasteiger partial charge < -0.3 is 21.9 Å². The number of nitrogens with zero attached hydrogens (tertiary/aromatic N) is 2. The van der Waals surface area contributed by atoms with E-state index in [0.29, 0.717) is 5.69 Å². The summed E-state index contributed by atoms with van der Waals surface area (Å²) in [6.07, 6.45) is 3.29. The van der Waals surface area contributed by atoms with Gasteiger partial charge in [0.2, 0.25) is 5.91 Å². The van der Waals surface area contributed by atoms with Crippen molar-refractivity contribution in [3.8, 4) is 0 Å². The van der Waals surface area contributed by atoms with Crippen molar-refractivity contribution >= 4 is 35.3 Å². The van der Waals surface area contributed by atoms with Gasteiger partial charge in [-0.2, -0.15) is 0 Å². The van der Waals surface area contributed by atoms with Crippen LogP contribution in [0, 0.1) is 0 Å². The highest BCUT2D eigenvalue weighted by Gasteiger charge is 2.17. The molecule has 0 saturated carbocycles. The number of aromatic nitrogens is 1. The molecule has 26 heavy (non-hydrogen) atoms. The van der Waals surface area contributed by atoms with Gasteiger partial charge in [-0.25, -0.2) is 4.99 Å². The summed E-state index contributed by atoms with van der Waals surface area (Å²) < 4.78 is 0. The first-order chi connectivity index (χ1) is 12.4. The summed E-state index contributed by atoms with van der Waals surface area (Å²) in [5, 5.41) is 11.6. The van der Waals surface area contributed by atoms with Gasteiger partial charge in [0.15, 0.2) is 5.96 Å². The Morgan fingerprint density at radius 1 is 1.23 bits per heavy atom. The molecule has 136 valence electrons. The maximum atomic E-state index is 11.7. The fraction of sp³-hybridized carbons (Fsp3) is 0.176. The van der Waals surface area contributed by atoms with Gasteiger partial charge in [0.1, 0.15) is 6.54 Å². The molecule has 1 aromatic carbocycles. The molecule has 0 aliphatic carbocycles. The summed E-state index contributed by atoms with van der Waals surface area (Å²) in [6, 6.07) is 10.7. The molecule has 1 amide bonds. The number of carbonyl (C=O) groups excluding carboxylic acids is 1. The number of amides is 1. The summed E-state index contributed by atoms with van der Waals surface area (Å²) in [5.41, 5.74) is 11.8. The number of carbonyl (C=O) groups is 2. The standard InChI is InChI=1S/C17H19N5O3S/c18-17(19)21-10-15(23)22-12-3-5-13(6-4-12)26-14(8-16(24)25)11-2-1-7-20-9-11/h1-7,9,14H,8,10H2,(H,22,23)(H,24,25)(H4,18,19,21). The normalized spacial score (nSPS) is 11.4. The quantitative estimate of drug-likeness (QED) is 0.312. The minimum absolute atomic E-state index is 0.0205. The van der Waals surface area contributed by atoms with Crippen molar-refractivity contribution < 1.29 is 14.7 Å². The van der Waals surface area contributed by atoms with Crippen LogP contribution in [0.1, 0.15) is 17.2 Å². The number of benzene rings is 1. The topological polar surface area (TPSA) is 144 Å². The zero-order valence-electron chi connectivity index (χ0n) is 13.8. The number of hydrogen-bond acceptors (Lipinski definition) is 5. The molecule has 0 aliphatic rings. The lowest BCUT2D eigenvalue weighted by molar-refractivity contribution is -0.137. The van der Waals surface area contributed by atoms with Gasteiger partial charge in [-0.3, -0.25) is 14.6 Å². The predicted molar refractivity (Wildman–Crippen MR) is 101 cm³/mol. The number of thioether (sulfide) groups is 1. The first-order valence-electron chi connectivity index (χ1n) is 7.67. The number of carboxylic acid groups (broad SMARTS) is 1. The van der Waals surface area contributed by atoms with Gasteiger partial charge in [-0.1, -0.05) is 6.07 Å². The number of nitrogens with one attached hydrogen (secondary N) is 1. The first-order valence-corrected chi connectivity index (χ1v) is 8.55. The minimum Gasteiger partial charge on any atom is -0.481 e. The monoisotopic (exact) mass is 373 g/mol. The Bertz CT molecular complexity index is 777. The van der Waals surface area contributed by atoms with Crippen LogP contribution in [0.4, 0.5) is 5.69 Å². The number of guanidine groups is 1. The maximum absolute atomic E-state index is 11.7. The number of anilines is 1. The second-order valence-electron chi connectivity index (χ2n) is 5.30. The van der Waals surface area contributed by atoms with Gasteiger partial charge in [0, 0.05) is 28.2 Å². The lowest BCUT2D eigenvalue weighted by Crippen LogP contribution is -2.25. The summed E-state index contributed by atoms with van der Waals surface area (Å²) in [7, 11) is 0. The van der Waals surface area contributed by atoms with Gasteiger partial charge in [-0.05, 0) is 35.9 Å². The molecule has 0 aliphatic heterocycles. The molecule has 0 radical (unpaired) electrons. The molecule has 0 fully saturated rings. The van der Waals surface area contributed by atoms with Crippen LogP contribution >= 0.6 is 11.8 Å². The van der Waals surface area contributed by atoms with Crippen molar-refractivity contribution in [1.29, 1.82) is 0 Å². The molecular formula is C17H19N5O3S. The number of nitrogens with two attached hydrogens (primary N) is 2. The van der Waals surface area contributed by atoms with Crippen LogP contribution in [-0.2, 0) is 9.59 Å². The smallest absolute Gasteiger partial charge is 0.304 e. The number of rotatable bonds is 8. The van der Waals surface area contributed by atoms with E-state index in [1.165, 1.54) is 11.8 Å². The van der Waals surface area contributed by atoms with E-state index >= 15 is 0 Å². The van der Waals surface area contributed by atoms with Crippen molar-refractivity contribution in [3.63, 3.8) is 0 Å². The molecule has 1 aromatic heterocycles. The van der Waals surface area contributed by atoms with Crippen LogP contribution in [-0.4, -0.2) is 34.5 Å². The highest BCUT2D eigenvalue weighted by molar-refractivity contribution is 7.99. The Morgan fingerprint density at radius 2 is 1.96 bits per heavy atom. The van der Waals surface area contributed by atoms with Gasteiger partial charge in [0.05, 0.1) is 6.42 Å². The molecule has 1 heterocycles. The van der Waals surface area contributed by atoms with Crippen LogP contribution in [0.25, 0.3) is 0 Å². The van der Waals surface area contributed by atoms with Crippen LogP contribution in [0.3, 0.4) is 0 Å². The van der Waals surface area contributed by atoms with Crippen LogP contribution in [0.2, 0.25) is 0 Å². The minimum atomic E-state index is -0.880. The lowest BCUT2D eigenvalue weighted by Gasteiger charge is -2.15. The van der Waals surface area contributed by atoms with Crippen molar-refractivity contribution in [2.75, 3.05) is 11.9 Å². The van der Waals surface area contributed by atoms with Gasteiger partial charge in [-0.15, -0.1) is 11.8 Å². The lowest BCUT2D eigenvalue weighted by atomic mass is 10.1. The van der Waals surface area contributed by atoms with E-state index in [9.17, 15) is 9.59 Å². The fourth-order valence-electron chi connectivity index (χ4n) is 2.10. The number of aliphatic imine (C=N–C) groups is 1. The van der Waals surface area contributed by atoms with Crippen LogP contribution < -0.4 is 16.8 Å². The molecule has 8 nitrogen and oxygen atoms in total. The Kier molecular flexibility index (Phi) is 6.98. The van der Waals surface area contributed by atoms with E-state index in [1.54, 1.807) is 30.6 Å². The maximum Gasteiger partial charge on any atom is 0.304 e. The SMILES string of the molecule is NC(N)=NCC(=O)Nc1ccc(SC(CC(=O)O)c2cccnc2)cc1. The van der Waals surface area contributed by atoms with E-state index in [2.05, 4.69) is 15.3 Å². The molecule has 0 spiro atoms. The largest absolute Gasteiger partial charge is 0.481 e. The Hall–Kier alpha value is -3.07. The zero-order valence-corrected chi connectivity index (χ0v) is 14.6. The Morgan fingerprint density at radius 3 is 2.54 bits per heavy atom. The number of carboxylic acids is 1. The van der Waals surface area contributed by atoms with Crippen LogP contribution in [0.5, 0.6) is 0 Å². The van der Waals surface area contributed by atoms with E-state index in [0.717, 1.165) is 10.5 Å². The highest BCUT2D eigenvalue weighted by atomic mass is 32.2. The summed E-state index contributed by atoms with van der Waals surface area (Å²) in [6.45, 7) is -0.152. The van der Waals surface area contributed by atoms with Gasteiger partial charge in [0.25, 0.3) is 0 Å². The molecule has 1 unspecified atom stereocenters. The third kappa shape index (κ3) is 6.44. The van der Waals surface area contributed by atoms with E-state index in [1.807, 2.05) is 18.2 Å². The average molecular weight is 373 g/mol. The molecular weight excluding hydrogens is 354 g/mol. The third-order valence-electron chi connectivity index (χ3n) is 3.24. The Labute approximate surface area is 154 Å². The zero-order chi connectivity index (χ0) is 18.9. The van der Waals surface area contributed by atoms with Crippen molar-refractivity contribution in [1.82, 2.24) is 4.98 Å². The molecule has 0 saturated heterocycles. The predicted octanol–water partition coefficient (Wildman–Crippen LogP) is 1.60. The fourth-order valence-corrected chi connectivity index (χ4v) is 3.22.